The maximum Gasteiger partial charge on any atom is 0.460 e. The van der Waals surface area contributed by atoms with E-state index < -0.39 is 80.8 Å². The van der Waals surface area contributed by atoms with Crippen molar-refractivity contribution in [3.63, 3.8) is 0 Å². The smallest absolute Gasteiger partial charge is 0.382 e. The van der Waals surface area contributed by atoms with Gasteiger partial charge in [-0.05, 0) is 13.0 Å². The lowest BCUT2D eigenvalue weighted by Crippen LogP contribution is -2.75. The van der Waals surface area contributed by atoms with Gasteiger partial charge in [-0.25, -0.2) is 8.42 Å². The van der Waals surface area contributed by atoms with Gasteiger partial charge in [-0.1, -0.05) is 6.92 Å². The minimum absolute atomic E-state index is 0.00636. The molecule has 0 aliphatic rings. The van der Waals surface area contributed by atoms with Crippen LogP contribution in [-0.4, -0.2) is 178 Å². The second kappa shape index (κ2) is 21.4. The highest BCUT2D eigenvalue weighted by atomic mass is 32.2. The van der Waals surface area contributed by atoms with E-state index in [4.69, 9.17) is 28.4 Å². The maximum absolute atomic E-state index is 14.8. The molecule has 332 valence electrons. The first-order valence-corrected chi connectivity index (χ1v) is 17.1. The first kappa shape index (κ1) is 53.4. The Hall–Kier alpha value is -1.56. The Balaban J connectivity index is 6.07. The fourth-order valence-corrected chi connectivity index (χ4v) is 5.53. The molecule has 0 aromatic rings. The normalized spacial score (nSPS) is 14.8. The van der Waals surface area contributed by atoms with Crippen LogP contribution in [0.4, 0.5) is 74.6 Å². The summed E-state index contributed by atoms with van der Waals surface area (Å²) in [5, 5.41) is -7.61. The van der Waals surface area contributed by atoms with Gasteiger partial charge in [0.05, 0.1) is 66.1 Å². The van der Waals surface area contributed by atoms with E-state index in [1.54, 1.807) is 0 Å². The molecule has 0 aliphatic carbocycles. The molecule has 0 saturated heterocycles. The summed E-state index contributed by atoms with van der Waals surface area (Å²) in [6.07, 6.45) is -8.53. The molecule has 0 aromatic carbocycles. The third kappa shape index (κ3) is 12.2. The summed E-state index contributed by atoms with van der Waals surface area (Å²) in [6, 6.07) is 0. The van der Waals surface area contributed by atoms with Crippen LogP contribution in [0.2, 0.25) is 0 Å². The van der Waals surface area contributed by atoms with Crippen LogP contribution < -0.4 is 0 Å². The number of alkyl halides is 17. The van der Waals surface area contributed by atoms with Crippen LogP contribution >= 0.6 is 0 Å². The highest BCUT2D eigenvalue weighted by Gasteiger charge is 2.96. The molecule has 0 atom stereocenters. The molecule has 0 unspecified atom stereocenters. The van der Waals surface area contributed by atoms with Crippen LogP contribution in [0.5, 0.6) is 0 Å². The van der Waals surface area contributed by atoms with Gasteiger partial charge in [-0.2, -0.15) is 78.9 Å². The second-order valence-electron chi connectivity index (χ2n) is 11.1. The van der Waals surface area contributed by atoms with Crippen LogP contribution in [0, 0.1) is 0 Å². The standard InChI is InChI=1S/C27H41F17N2O8S/c1-4-46(7-5-6-45(8-10-51-16-18-53-14-12-49-2)9-11-52-17-19-54-15-13-50-3)55(47,48)27(43,44)25(38,39)23(34,35)21(30,31)20(28,29)22(32,33)24(36,37)26(40,41)42/h4-19H2,1-3H3. The van der Waals surface area contributed by atoms with Gasteiger partial charge in [0.25, 0.3) is 10.0 Å². The number of halogens is 17. The van der Waals surface area contributed by atoms with E-state index in [2.05, 4.69) is 0 Å². The summed E-state index contributed by atoms with van der Waals surface area (Å²) in [7, 11) is -4.53. The van der Waals surface area contributed by atoms with Crippen molar-refractivity contribution in [2.75, 3.05) is 113 Å². The van der Waals surface area contributed by atoms with E-state index in [9.17, 15) is 83.1 Å². The van der Waals surface area contributed by atoms with Crippen LogP contribution in [0.25, 0.3) is 0 Å². The highest BCUT2D eigenvalue weighted by molar-refractivity contribution is 7.90. The summed E-state index contributed by atoms with van der Waals surface area (Å²) in [4.78, 5) is 1.44. The highest BCUT2D eigenvalue weighted by Crippen LogP contribution is 2.64. The maximum atomic E-state index is 14.8. The van der Waals surface area contributed by atoms with Crippen molar-refractivity contribution in [1.29, 1.82) is 0 Å². The molecule has 0 radical (unpaired) electrons. The number of ether oxygens (including phenoxy) is 6. The van der Waals surface area contributed by atoms with Gasteiger partial charge in [0, 0.05) is 40.4 Å². The molecule has 0 aromatic heterocycles. The van der Waals surface area contributed by atoms with Crippen LogP contribution in [0.15, 0.2) is 0 Å². The van der Waals surface area contributed by atoms with E-state index in [1.165, 1.54) is 19.1 Å². The predicted octanol–water partition coefficient (Wildman–Crippen LogP) is 5.66. The Kier molecular flexibility index (Phi) is 20.8. The fraction of sp³-hybridized carbons (Fsp3) is 1.00. The van der Waals surface area contributed by atoms with E-state index in [0.29, 0.717) is 6.92 Å². The Morgan fingerprint density at radius 1 is 0.436 bits per heavy atom. The number of nitrogens with zero attached hydrogens (tertiary/aromatic N) is 2. The number of methoxy groups -OCH3 is 2. The number of rotatable bonds is 31. The molecule has 10 nitrogen and oxygen atoms in total. The molecule has 0 rings (SSSR count). The lowest BCUT2D eigenvalue weighted by molar-refractivity contribution is -0.458. The van der Waals surface area contributed by atoms with Crippen molar-refractivity contribution in [2.24, 2.45) is 0 Å². The van der Waals surface area contributed by atoms with Crippen LogP contribution in [0.3, 0.4) is 0 Å². The van der Waals surface area contributed by atoms with Gasteiger partial charge in [0.15, 0.2) is 0 Å². The summed E-state index contributed by atoms with van der Waals surface area (Å²) in [5.74, 6) is -51.9. The van der Waals surface area contributed by atoms with Crippen molar-refractivity contribution in [3.05, 3.63) is 0 Å². The molecule has 0 aliphatic heterocycles. The molecule has 55 heavy (non-hydrogen) atoms. The van der Waals surface area contributed by atoms with Gasteiger partial charge in [-0.3, -0.25) is 4.90 Å². The minimum Gasteiger partial charge on any atom is -0.382 e. The van der Waals surface area contributed by atoms with Crippen LogP contribution in [0.1, 0.15) is 13.3 Å². The lowest BCUT2D eigenvalue weighted by atomic mass is 9.91. The average molecular weight is 877 g/mol. The molecular formula is C27H41F17N2O8S. The summed E-state index contributed by atoms with van der Waals surface area (Å²) in [6.45, 7) is -0.938. The minimum atomic E-state index is -8.89. The van der Waals surface area contributed by atoms with E-state index in [0.717, 1.165) is 0 Å². The molecule has 0 spiro atoms. The first-order chi connectivity index (χ1) is 25.0. The number of hydrogen-bond donors (Lipinski definition) is 0. The monoisotopic (exact) mass is 876 g/mol. The molecule has 0 fully saturated rings. The molecule has 0 heterocycles. The Bertz CT molecular complexity index is 1200. The van der Waals surface area contributed by atoms with Crippen molar-refractivity contribution in [1.82, 2.24) is 9.21 Å². The van der Waals surface area contributed by atoms with E-state index in [-0.39, 0.29) is 85.7 Å². The quantitative estimate of drug-likeness (QED) is 0.0647. The largest absolute Gasteiger partial charge is 0.460 e. The first-order valence-electron chi connectivity index (χ1n) is 15.7. The summed E-state index contributed by atoms with van der Waals surface area (Å²) >= 11 is 0. The zero-order valence-corrected chi connectivity index (χ0v) is 30.1. The molecular weight excluding hydrogens is 835 g/mol. The number of sulfonamides is 1. The third-order valence-corrected chi connectivity index (χ3v) is 9.33. The molecule has 0 N–H and O–H groups in total. The summed E-state index contributed by atoms with van der Waals surface area (Å²) in [5.41, 5.74) is 0. The van der Waals surface area contributed by atoms with Crippen molar-refractivity contribution in [3.8, 4) is 0 Å². The van der Waals surface area contributed by atoms with Gasteiger partial charge in [0.2, 0.25) is 0 Å². The van der Waals surface area contributed by atoms with Crippen molar-refractivity contribution < 1.29 is 111 Å². The van der Waals surface area contributed by atoms with E-state index in [1.807, 2.05) is 0 Å². The lowest BCUT2D eigenvalue weighted by Gasteiger charge is -2.43. The zero-order valence-electron chi connectivity index (χ0n) is 29.3. The van der Waals surface area contributed by atoms with Gasteiger partial charge >= 0.3 is 47.0 Å². The topological polar surface area (TPSA) is 96.0 Å². The van der Waals surface area contributed by atoms with Gasteiger partial charge < -0.3 is 28.4 Å². The third-order valence-electron chi connectivity index (χ3n) is 7.30. The number of hydrogen-bond acceptors (Lipinski definition) is 9. The second-order valence-corrected chi connectivity index (χ2v) is 13.1. The molecule has 0 amide bonds. The zero-order chi connectivity index (χ0) is 43.2. The average Bonchev–Trinajstić information content (AvgIpc) is 3.07. The Labute approximate surface area is 304 Å². The predicted molar refractivity (Wildman–Crippen MR) is 155 cm³/mol. The molecule has 28 heteroatoms. The van der Waals surface area contributed by atoms with Gasteiger partial charge in [-0.15, -0.1) is 0 Å². The summed E-state index contributed by atoms with van der Waals surface area (Å²) < 4.78 is 288. The van der Waals surface area contributed by atoms with Crippen molar-refractivity contribution >= 4 is 10.0 Å². The fourth-order valence-electron chi connectivity index (χ4n) is 4.04. The van der Waals surface area contributed by atoms with Crippen LogP contribution in [-0.2, 0) is 38.4 Å². The van der Waals surface area contributed by atoms with Gasteiger partial charge in [0.1, 0.15) is 0 Å². The van der Waals surface area contributed by atoms with E-state index >= 15 is 0 Å². The Morgan fingerprint density at radius 3 is 1.11 bits per heavy atom. The molecule has 0 saturated carbocycles. The van der Waals surface area contributed by atoms with Crippen molar-refractivity contribution in [2.45, 2.75) is 60.3 Å². The molecule has 0 bridgehead atoms. The Morgan fingerprint density at radius 2 is 0.764 bits per heavy atom. The SMILES string of the molecule is CCN(CCCN(CCOCCOCCOC)CCOCCOCCOC)S(=O)(=O)C(F)(F)C(F)(F)C(F)(F)C(F)(F)C(F)(F)C(F)(F)C(F)(F)C(F)(F)F.